The molecule has 2 aliphatic heterocycles. The second kappa shape index (κ2) is 9.05. The molecule has 1 unspecified atom stereocenters. The highest BCUT2D eigenvalue weighted by Gasteiger charge is 2.46. The van der Waals surface area contributed by atoms with Gasteiger partial charge in [-0.3, -0.25) is 0 Å². The van der Waals surface area contributed by atoms with Crippen molar-refractivity contribution in [3.05, 3.63) is 23.9 Å². The van der Waals surface area contributed by atoms with E-state index in [4.69, 9.17) is 14.6 Å². The number of piperidine rings is 1. The van der Waals surface area contributed by atoms with Crippen LogP contribution in [-0.4, -0.2) is 53.9 Å². The number of ether oxygens (including phenoxy) is 2. The van der Waals surface area contributed by atoms with Crippen LogP contribution in [0, 0.1) is 11.3 Å². The van der Waals surface area contributed by atoms with Crippen LogP contribution in [0.2, 0.25) is 0 Å². The number of amides is 1. The molecular weight excluding hydrogens is 379 g/mol. The van der Waals surface area contributed by atoms with E-state index in [2.05, 4.69) is 5.32 Å². The average molecular weight is 410 g/mol. The van der Waals surface area contributed by atoms with Gasteiger partial charge in [-0.05, 0) is 63.7 Å². The quantitative estimate of drug-likeness (QED) is 0.624. The molecule has 2 N–H and O–H groups in total. The summed E-state index contributed by atoms with van der Waals surface area (Å²) in [7, 11) is 0. The first-order valence-electron chi connectivity index (χ1n) is 10.4. The maximum Gasteiger partial charge on any atom is 0.410 e. The van der Waals surface area contributed by atoms with E-state index >= 15 is 0 Å². The SMILES string of the molecule is CC(C)OC(=O)N1CCC2(CC1)CC(CCCOC1=CNC(C(=O)O)C(F)=C1)C2. The van der Waals surface area contributed by atoms with Gasteiger partial charge in [0.2, 0.25) is 0 Å². The first-order chi connectivity index (χ1) is 13.8. The summed E-state index contributed by atoms with van der Waals surface area (Å²) in [6, 6.07) is -1.33. The molecule has 7 nitrogen and oxygen atoms in total. The normalized spacial score (nSPS) is 23.7. The van der Waals surface area contributed by atoms with E-state index < -0.39 is 17.8 Å². The Balaban J connectivity index is 1.30. The number of allylic oxidation sites excluding steroid dienone is 1. The minimum Gasteiger partial charge on any atom is -0.492 e. The predicted molar refractivity (Wildman–Crippen MR) is 105 cm³/mol. The van der Waals surface area contributed by atoms with Gasteiger partial charge in [-0.15, -0.1) is 0 Å². The van der Waals surface area contributed by atoms with Gasteiger partial charge >= 0.3 is 12.1 Å². The van der Waals surface area contributed by atoms with Crippen molar-refractivity contribution in [1.82, 2.24) is 10.2 Å². The average Bonchev–Trinajstić information content (AvgIpc) is 2.63. The van der Waals surface area contributed by atoms with Crippen LogP contribution in [0.25, 0.3) is 0 Å². The molecule has 3 rings (SSSR count). The molecule has 1 amide bonds. The van der Waals surface area contributed by atoms with E-state index in [1.165, 1.54) is 19.0 Å². The van der Waals surface area contributed by atoms with Crippen molar-refractivity contribution in [1.29, 1.82) is 0 Å². The molecule has 0 bridgehead atoms. The van der Waals surface area contributed by atoms with E-state index in [-0.39, 0.29) is 12.2 Å². The largest absolute Gasteiger partial charge is 0.492 e. The van der Waals surface area contributed by atoms with E-state index in [9.17, 15) is 14.0 Å². The first-order valence-corrected chi connectivity index (χ1v) is 10.4. The van der Waals surface area contributed by atoms with Crippen LogP contribution in [0.3, 0.4) is 0 Å². The number of dihydropyridines is 1. The number of carbonyl (C=O) groups excluding carboxylic acids is 1. The number of carboxylic acids is 1. The van der Waals surface area contributed by atoms with E-state index in [1.54, 1.807) is 0 Å². The van der Waals surface area contributed by atoms with Gasteiger partial charge in [0.15, 0.2) is 6.04 Å². The van der Waals surface area contributed by atoms with Crippen LogP contribution >= 0.6 is 0 Å². The first kappa shape index (κ1) is 21.5. The Bertz CT molecular complexity index is 675. The molecule has 0 aromatic rings. The molecule has 29 heavy (non-hydrogen) atoms. The number of nitrogens with zero attached hydrogens (tertiary/aromatic N) is 1. The van der Waals surface area contributed by atoms with Gasteiger partial charge < -0.3 is 24.8 Å². The fourth-order valence-corrected chi connectivity index (χ4v) is 4.56. The standard InChI is InChI=1S/C21H31FN2O5/c1-14(2)29-20(27)24-7-5-21(6-8-24)11-15(12-21)4-3-9-28-16-10-17(22)18(19(25)26)23-13-16/h10,13-15,18,23H,3-9,11-12H2,1-2H3,(H,25,26). The van der Waals surface area contributed by atoms with Gasteiger partial charge in [-0.2, -0.15) is 0 Å². The van der Waals surface area contributed by atoms with Crippen LogP contribution < -0.4 is 5.32 Å². The maximum atomic E-state index is 13.7. The van der Waals surface area contributed by atoms with Crippen molar-refractivity contribution in [2.24, 2.45) is 11.3 Å². The highest BCUT2D eigenvalue weighted by atomic mass is 19.1. The van der Waals surface area contributed by atoms with E-state index in [0.29, 0.717) is 23.7 Å². The molecule has 2 fully saturated rings. The summed E-state index contributed by atoms with van der Waals surface area (Å²) in [6.07, 6.45) is 8.66. The third-order valence-electron chi connectivity index (χ3n) is 6.08. The molecule has 8 heteroatoms. The molecule has 3 aliphatic rings. The second-order valence-electron chi connectivity index (χ2n) is 8.70. The Morgan fingerprint density at radius 3 is 2.62 bits per heavy atom. The van der Waals surface area contributed by atoms with Crippen LogP contribution in [-0.2, 0) is 14.3 Å². The zero-order valence-corrected chi connectivity index (χ0v) is 17.2. The summed E-state index contributed by atoms with van der Waals surface area (Å²) >= 11 is 0. The summed E-state index contributed by atoms with van der Waals surface area (Å²) in [4.78, 5) is 24.6. The second-order valence-corrected chi connectivity index (χ2v) is 8.70. The molecule has 1 saturated carbocycles. The smallest absolute Gasteiger partial charge is 0.410 e. The fourth-order valence-electron chi connectivity index (χ4n) is 4.56. The third-order valence-corrected chi connectivity index (χ3v) is 6.08. The number of aliphatic carboxylic acids is 1. The van der Waals surface area contributed by atoms with Gasteiger partial charge in [-0.1, -0.05) is 0 Å². The Morgan fingerprint density at radius 2 is 2.03 bits per heavy atom. The zero-order valence-electron chi connectivity index (χ0n) is 17.2. The minimum atomic E-state index is -1.33. The Morgan fingerprint density at radius 1 is 1.34 bits per heavy atom. The zero-order chi connectivity index (χ0) is 21.0. The van der Waals surface area contributed by atoms with E-state index in [1.807, 2.05) is 18.7 Å². The lowest BCUT2D eigenvalue weighted by Gasteiger charge is -2.52. The molecule has 1 atom stereocenters. The monoisotopic (exact) mass is 410 g/mol. The van der Waals surface area contributed by atoms with Crippen molar-refractivity contribution in [3.63, 3.8) is 0 Å². The van der Waals surface area contributed by atoms with E-state index in [0.717, 1.165) is 44.8 Å². The van der Waals surface area contributed by atoms with Crippen molar-refractivity contribution in [2.75, 3.05) is 19.7 Å². The van der Waals surface area contributed by atoms with Gasteiger partial charge in [-0.25, -0.2) is 14.0 Å². The Hall–Kier alpha value is -2.25. The molecule has 2 heterocycles. The fraction of sp³-hybridized carbons (Fsp3) is 0.714. The van der Waals surface area contributed by atoms with Crippen molar-refractivity contribution in [2.45, 2.75) is 64.5 Å². The molecule has 0 aromatic heterocycles. The number of halogens is 1. The molecule has 1 saturated heterocycles. The topological polar surface area (TPSA) is 88.1 Å². The predicted octanol–water partition coefficient (Wildman–Crippen LogP) is 3.57. The Labute approximate surface area is 170 Å². The summed E-state index contributed by atoms with van der Waals surface area (Å²) in [6.45, 7) is 5.76. The number of likely N-dealkylation sites (tertiary alicyclic amines) is 1. The molecule has 1 aliphatic carbocycles. The van der Waals surface area contributed by atoms with Gasteiger partial charge in [0, 0.05) is 25.4 Å². The summed E-state index contributed by atoms with van der Waals surface area (Å²) in [5.74, 6) is -1.00. The summed E-state index contributed by atoms with van der Waals surface area (Å²) < 4.78 is 24.5. The summed E-state index contributed by atoms with van der Waals surface area (Å²) in [5, 5.41) is 11.3. The maximum absolute atomic E-state index is 13.7. The molecule has 0 aromatic carbocycles. The van der Waals surface area contributed by atoms with Gasteiger partial charge in [0.1, 0.15) is 11.6 Å². The number of rotatable bonds is 7. The highest BCUT2D eigenvalue weighted by Crippen LogP contribution is 2.54. The van der Waals surface area contributed by atoms with Crippen LogP contribution in [0.5, 0.6) is 0 Å². The van der Waals surface area contributed by atoms with Crippen molar-refractivity contribution in [3.8, 4) is 0 Å². The van der Waals surface area contributed by atoms with Gasteiger partial charge in [0.05, 0.1) is 12.7 Å². The highest BCUT2D eigenvalue weighted by molar-refractivity contribution is 5.77. The van der Waals surface area contributed by atoms with Gasteiger partial charge in [0.25, 0.3) is 0 Å². The lowest BCUT2D eigenvalue weighted by molar-refractivity contribution is -0.138. The Kier molecular flexibility index (Phi) is 6.70. The third kappa shape index (κ3) is 5.42. The molecule has 0 radical (unpaired) electrons. The summed E-state index contributed by atoms with van der Waals surface area (Å²) in [5.41, 5.74) is 0.383. The van der Waals surface area contributed by atoms with Crippen LogP contribution in [0.15, 0.2) is 23.9 Å². The molecular formula is C21H31FN2O5. The number of carbonyl (C=O) groups is 2. The van der Waals surface area contributed by atoms with Crippen molar-refractivity contribution >= 4 is 12.1 Å². The lowest BCUT2D eigenvalue weighted by Crippen LogP contribution is -2.49. The molecule has 162 valence electrons. The van der Waals surface area contributed by atoms with Crippen LogP contribution in [0.4, 0.5) is 9.18 Å². The number of nitrogens with one attached hydrogen (secondary N) is 1. The number of carboxylic acid groups (broad SMARTS) is 1. The number of hydrogen-bond acceptors (Lipinski definition) is 5. The lowest BCUT2D eigenvalue weighted by atomic mass is 9.56. The molecule has 1 spiro atoms. The van der Waals surface area contributed by atoms with Crippen molar-refractivity contribution < 1.29 is 28.6 Å². The minimum absolute atomic E-state index is 0.0839. The van der Waals surface area contributed by atoms with Crippen LogP contribution in [0.1, 0.15) is 52.4 Å². The number of hydrogen-bond donors (Lipinski definition) is 2.